The van der Waals surface area contributed by atoms with Gasteiger partial charge in [0.1, 0.15) is 0 Å². The molecule has 0 saturated carbocycles. The first-order valence-electron chi connectivity index (χ1n) is 6.61. The lowest BCUT2D eigenvalue weighted by atomic mass is 10.1. The van der Waals surface area contributed by atoms with Crippen LogP contribution in [0.5, 0.6) is 0 Å². The van der Waals surface area contributed by atoms with Crippen LogP contribution in [0.1, 0.15) is 12.0 Å². The van der Waals surface area contributed by atoms with Crippen LogP contribution in [0.25, 0.3) is 0 Å². The predicted molar refractivity (Wildman–Crippen MR) is 76.6 cm³/mol. The summed E-state index contributed by atoms with van der Waals surface area (Å²) < 4.78 is 0. The summed E-state index contributed by atoms with van der Waals surface area (Å²) in [4.78, 5) is 19.8. The van der Waals surface area contributed by atoms with Crippen molar-refractivity contribution in [3.05, 3.63) is 45.7 Å². The highest BCUT2D eigenvalue weighted by molar-refractivity contribution is 5.14. The third kappa shape index (κ3) is 6.24. The van der Waals surface area contributed by atoms with Gasteiger partial charge in [-0.3, -0.25) is 10.0 Å². The van der Waals surface area contributed by atoms with Gasteiger partial charge in [0.15, 0.2) is 0 Å². The molecule has 0 aromatic heterocycles. The van der Waals surface area contributed by atoms with Crippen LogP contribution in [0.4, 0.5) is 0 Å². The molecule has 20 heavy (non-hydrogen) atoms. The zero-order valence-electron chi connectivity index (χ0n) is 11.4. The quantitative estimate of drug-likeness (QED) is 0.828. The van der Waals surface area contributed by atoms with Crippen LogP contribution in [-0.4, -0.2) is 47.9 Å². The van der Waals surface area contributed by atoms with Gasteiger partial charge in [-0.25, -0.2) is 0 Å². The van der Waals surface area contributed by atoms with Crippen molar-refractivity contribution in [2.45, 2.75) is 12.8 Å². The third-order valence-electron chi connectivity index (χ3n) is 2.93. The first-order chi connectivity index (χ1) is 9.80. The number of aryl methyl sites for hydroxylation is 1. The Morgan fingerprint density at radius 3 is 1.85 bits per heavy atom. The van der Waals surface area contributed by atoms with Gasteiger partial charge in [-0.1, -0.05) is 30.3 Å². The summed E-state index contributed by atoms with van der Waals surface area (Å²) in [6.45, 7) is 2.27. The summed E-state index contributed by atoms with van der Waals surface area (Å²) in [6.07, 6.45) is 1.85. The van der Waals surface area contributed by atoms with Crippen LogP contribution < -0.4 is 0 Å². The highest BCUT2D eigenvalue weighted by Crippen LogP contribution is 2.01. The first kappa shape index (κ1) is 16.0. The minimum absolute atomic E-state index is 0.287. The second kappa shape index (κ2) is 9.85. The van der Waals surface area contributed by atoms with Gasteiger partial charge in [-0.05, 0) is 18.4 Å². The molecule has 1 aromatic rings. The van der Waals surface area contributed by atoms with Crippen LogP contribution in [0.3, 0.4) is 0 Å². The summed E-state index contributed by atoms with van der Waals surface area (Å²) in [5.74, 6) is 0. The molecular formula is C13H20N4O3. The van der Waals surface area contributed by atoms with Crippen molar-refractivity contribution < 1.29 is 5.11 Å². The number of nitroso groups, excluding NO2 is 2. The van der Waals surface area contributed by atoms with Crippen molar-refractivity contribution in [1.82, 2.24) is 10.0 Å². The van der Waals surface area contributed by atoms with Gasteiger partial charge in [0, 0.05) is 6.61 Å². The molecular weight excluding hydrogens is 260 g/mol. The number of aliphatic hydroxyl groups excluding tert-OH is 1. The molecule has 1 aromatic carbocycles. The van der Waals surface area contributed by atoms with Crippen molar-refractivity contribution in [2.24, 2.45) is 10.6 Å². The summed E-state index contributed by atoms with van der Waals surface area (Å²) in [5.41, 5.74) is 1.30. The topological polar surface area (TPSA) is 85.6 Å². The Morgan fingerprint density at radius 2 is 1.45 bits per heavy atom. The standard InChI is InChI=1S/C9H12O.C4H8N4O2/c10-8-4-7-9-5-2-1-3-6-9;9-5-7-1-2-8(6-10)4-3-7/h1-3,5-6,10H,4,7-8H2;1-4H2. The van der Waals surface area contributed by atoms with Crippen molar-refractivity contribution >= 4 is 0 Å². The zero-order chi connectivity index (χ0) is 14.6. The van der Waals surface area contributed by atoms with Gasteiger partial charge < -0.3 is 5.11 Å². The Hall–Kier alpha value is -2.02. The van der Waals surface area contributed by atoms with Gasteiger partial charge in [-0.15, -0.1) is 9.81 Å². The monoisotopic (exact) mass is 280 g/mol. The molecule has 7 heteroatoms. The molecule has 110 valence electrons. The van der Waals surface area contributed by atoms with Crippen molar-refractivity contribution in [1.29, 1.82) is 0 Å². The molecule has 0 amide bonds. The van der Waals surface area contributed by atoms with Crippen molar-refractivity contribution in [2.75, 3.05) is 32.8 Å². The molecule has 2 rings (SSSR count). The van der Waals surface area contributed by atoms with E-state index in [-0.39, 0.29) is 6.61 Å². The second-order valence-corrected chi connectivity index (χ2v) is 4.38. The van der Waals surface area contributed by atoms with E-state index in [2.05, 4.69) is 22.7 Å². The van der Waals surface area contributed by atoms with Gasteiger partial charge in [0.05, 0.1) is 36.8 Å². The van der Waals surface area contributed by atoms with Crippen LogP contribution in [-0.2, 0) is 6.42 Å². The molecule has 1 fully saturated rings. The molecule has 7 nitrogen and oxygen atoms in total. The van der Waals surface area contributed by atoms with Crippen LogP contribution >= 0.6 is 0 Å². The van der Waals surface area contributed by atoms with E-state index in [4.69, 9.17) is 5.11 Å². The highest BCUT2D eigenvalue weighted by Gasteiger charge is 2.14. The number of piperazine rings is 1. The maximum atomic E-state index is 9.90. The molecule has 0 atom stereocenters. The fraction of sp³-hybridized carbons (Fsp3) is 0.538. The van der Waals surface area contributed by atoms with E-state index in [9.17, 15) is 9.81 Å². The largest absolute Gasteiger partial charge is 0.396 e. The Kier molecular flexibility index (Phi) is 7.90. The Labute approximate surface area is 118 Å². The summed E-state index contributed by atoms with van der Waals surface area (Å²) in [7, 11) is 0. The number of hydrogen-bond donors (Lipinski definition) is 1. The minimum atomic E-state index is 0.287. The van der Waals surface area contributed by atoms with Gasteiger partial charge >= 0.3 is 0 Å². The lowest BCUT2D eigenvalue weighted by Crippen LogP contribution is -2.40. The second-order valence-electron chi connectivity index (χ2n) is 4.38. The number of benzene rings is 1. The van der Waals surface area contributed by atoms with Crippen molar-refractivity contribution in [3.63, 3.8) is 0 Å². The number of aliphatic hydroxyl groups is 1. The van der Waals surface area contributed by atoms with E-state index in [0.717, 1.165) is 12.8 Å². The molecule has 1 aliphatic rings. The normalized spacial score (nSPS) is 14.2. The van der Waals surface area contributed by atoms with E-state index < -0.39 is 0 Å². The molecule has 1 N–H and O–H groups in total. The lowest BCUT2D eigenvalue weighted by Gasteiger charge is -2.26. The molecule has 0 bridgehead atoms. The van der Waals surface area contributed by atoms with E-state index >= 15 is 0 Å². The van der Waals surface area contributed by atoms with Crippen LogP contribution in [0, 0.1) is 9.81 Å². The van der Waals surface area contributed by atoms with Gasteiger partial charge in [-0.2, -0.15) is 0 Å². The van der Waals surface area contributed by atoms with E-state index in [0.29, 0.717) is 26.2 Å². The number of rotatable bonds is 5. The molecule has 0 spiro atoms. The zero-order valence-corrected chi connectivity index (χ0v) is 11.4. The summed E-state index contributed by atoms with van der Waals surface area (Å²) in [6, 6.07) is 10.2. The molecule has 0 aliphatic carbocycles. The van der Waals surface area contributed by atoms with Crippen LogP contribution in [0.15, 0.2) is 40.9 Å². The maximum Gasteiger partial charge on any atom is 0.0586 e. The fourth-order valence-electron chi connectivity index (χ4n) is 1.78. The van der Waals surface area contributed by atoms with Gasteiger partial charge in [0.25, 0.3) is 0 Å². The van der Waals surface area contributed by atoms with Crippen molar-refractivity contribution in [3.8, 4) is 0 Å². The molecule has 0 unspecified atom stereocenters. The SMILES string of the molecule is O=NN1CCN(N=O)CC1.OCCCc1ccccc1. The highest BCUT2D eigenvalue weighted by atomic mass is 16.3. The molecule has 0 radical (unpaired) electrons. The summed E-state index contributed by atoms with van der Waals surface area (Å²) in [5, 5.41) is 16.7. The lowest BCUT2D eigenvalue weighted by molar-refractivity contribution is 0.136. The number of hydrogen-bond acceptors (Lipinski definition) is 5. The van der Waals surface area contributed by atoms with Gasteiger partial charge in [0.2, 0.25) is 0 Å². The maximum absolute atomic E-state index is 9.90. The van der Waals surface area contributed by atoms with Crippen LogP contribution in [0.2, 0.25) is 0 Å². The third-order valence-corrected chi connectivity index (χ3v) is 2.93. The molecule has 1 aliphatic heterocycles. The van der Waals surface area contributed by atoms with E-state index in [1.807, 2.05) is 18.2 Å². The number of nitrogens with zero attached hydrogens (tertiary/aromatic N) is 4. The minimum Gasteiger partial charge on any atom is -0.396 e. The average Bonchev–Trinajstić information content (AvgIpc) is 2.54. The molecule has 1 saturated heterocycles. The van der Waals surface area contributed by atoms with E-state index in [1.165, 1.54) is 15.6 Å². The Bertz CT molecular complexity index is 364. The molecule has 1 heterocycles. The Balaban J connectivity index is 0.000000200. The fourth-order valence-corrected chi connectivity index (χ4v) is 1.78. The Morgan fingerprint density at radius 1 is 0.950 bits per heavy atom. The predicted octanol–water partition coefficient (Wildman–Crippen LogP) is 1.58. The first-order valence-corrected chi connectivity index (χ1v) is 6.61. The average molecular weight is 280 g/mol. The summed E-state index contributed by atoms with van der Waals surface area (Å²) >= 11 is 0. The van der Waals surface area contributed by atoms with E-state index in [1.54, 1.807) is 0 Å². The smallest absolute Gasteiger partial charge is 0.0586 e.